The third-order valence-corrected chi connectivity index (χ3v) is 11.9. The van der Waals surface area contributed by atoms with Gasteiger partial charge in [0.15, 0.2) is 0 Å². The van der Waals surface area contributed by atoms with Crippen molar-refractivity contribution in [2.45, 2.75) is 52.2 Å². The maximum absolute atomic E-state index is 14.1. The highest BCUT2D eigenvalue weighted by molar-refractivity contribution is 7.15. The van der Waals surface area contributed by atoms with Crippen LogP contribution in [0.1, 0.15) is 64.2 Å². The average Bonchev–Trinajstić information content (AvgIpc) is 3.96. The third-order valence-electron chi connectivity index (χ3n) is 9.86. The zero-order chi connectivity index (χ0) is 41.0. The van der Waals surface area contributed by atoms with Crippen molar-refractivity contribution in [2.75, 3.05) is 13.1 Å². The molecule has 0 aliphatic heterocycles. The SMILES string of the molecule is CCCN(Cc1ncc(-c2ccc(-c3ccc(-c4cnc(CN(CCC)C(=O)[C@@H](NC(=O)c5cccnc5)c5ccccc5)s4)cc3)cc2)s1)C(=O)Cc1ccccc1. The minimum absolute atomic E-state index is 0.116. The van der Waals surface area contributed by atoms with Gasteiger partial charge in [-0.15, -0.1) is 22.7 Å². The van der Waals surface area contributed by atoms with Crippen LogP contribution in [0.25, 0.3) is 32.0 Å². The highest BCUT2D eigenvalue weighted by atomic mass is 32.1. The van der Waals surface area contributed by atoms with Crippen LogP contribution in [0.15, 0.2) is 146 Å². The minimum Gasteiger partial charge on any atom is -0.336 e. The molecule has 0 bridgehead atoms. The lowest BCUT2D eigenvalue weighted by Gasteiger charge is -2.27. The highest BCUT2D eigenvalue weighted by Crippen LogP contribution is 2.32. The van der Waals surface area contributed by atoms with Crippen molar-refractivity contribution in [3.05, 3.63) is 173 Å². The van der Waals surface area contributed by atoms with Crippen LogP contribution in [0.5, 0.6) is 0 Å². The van der Waals surface area contributed by atoms with Crippen LogP contribution < -0.4 is 5.32 Å². The Bertz CT molecular complexity index is 2440. The second-order valence-electron chi connectivity index (χ2n) is 14.2. The van der Waals surface area contributed by atoms with Crippen molar-refractivity contribution < 1.29 is 14.4 Å². The van der Waals surface area contributed by atoms with Crippen molar-refractivity contribution in [1.82, 2.24) is 30.1 Å². The molecule has 7 aromatic rings. The van der Waals surface area contributed by atoms with Gasteiger partial charge < -0.3 is 15.1 Å². The first-order valence-corrected chi connectivity index (χ1v) is 21.5. The first kappa shape index (κ1) is 40.9. The molecule has 0 aliphatic rings. The summed E-state index contributed by atoms with van der Waals surface area (Å²) >= 11 is 3.19. The number of aromatic nitrogens is 3. The Kier molecular flexibility index (Phi) is 13.8. The largest absolute Gasteiger partial charge is 0.336 e. The second-order valence-corrected chi connectivity index (χ2v) is 16.4. The number of hydrogen-bond donors (Lipinski definition) is 1. The summed E-state index contributed by atoms with van der Waals surface area (Å²) in [5.74, 6) is -0.436. The van der Waals surface area contributed by atoms with Crippen LogP contribution in [0.3, 0.4) is 0 Å². The van der Waals surface area contributed by atoms with E-state index in [2.05, 4.69) is 70.7 Å². The standard InChI is InChI=1S/C48H46N6O3S2/c1-3-26-53(45(55)28-34-12-7-5-8-13-34)32-43-50-30-41(58-43)37-21-17-35(18-22-37)36-19-23-38(24-20-36)42-31-51-44(59-42)33-54(27-4-2)48(57)46(39-14-9-6-10-15-39)52-47(56)40-16-11-25-49-29-40/h5-25,29-31,46H,3-4,26-28,32-33H2,1-2H3,(H,52,56)/t46-/m0/s1. The predicted molar refractivity (Wildman–Crippen MR) is 237 cm³/mol. The second kappa shape index (κ2) is 19.9. The van der Waals surface area contributed by atoms with Gasteiger partial charge in [-0.25, -0.2) is 9.97 Å². The van der Waals surface area contributed by atoms with E-state index in [1.54, 1.807) is 45.9 Å². The van der Waals surface area contributed by atoms with Crippen LogP contribution in [0, 0.1) is 0 Å². The molecule has 3 amide bonds. The molecule has 1 N–H and O–H groups in total. The van der Waals surface area contributed by atoms with Gasteiger partial charge in [0.1, 0.15) is 16.1 Å². The lowest BCUT2D eigenvalue weighted by Crippen LogP contribution is -2.43. The summed E-state index contributed by atoms with van der Waals surface area (Å²) in [7, 11) is 0. The summed E-state index contributed by atoms with van der Waals surface area (Å²) in [5.41, 5.74) is 6.46. The molecule has 0 fully saturated rings. The number of benzene rings is 4. The van der Waals surface area contributed by atoms with Gasteiger partial charge in [-0.3, -0.25) is 19.4 Å². The van der Waals surface area contributed by atoms with E-state index >= 15 is 0 Å². The van der Waals surface area contributed by atoms with E-state index in [1.165, 1.54) is 6.20 Å². The van der Waals surface area contributed by atoms with E-state index in [0.29, 0.717) is 43.7 Å². The number of carbonyl (C=O) groups excluding carboxylic acids is 3. The monoisotopic (exact) mass is 818 g/mol. The van der Waals surface area contributed by atoms with Crippen molar-refractivity contribution in [3.63, 3.8) is 0 Å². The molecule has 0 aliphatic carbocycles. The van der Waals surface area contributed by atoms with E-state index in [-0.39, 0.29) is 17.7 Å². The number of carbonyl (C=O) groups is 3. The van der Waals surface area contributed by atoms with E-state index in [4.69, 9.17) is 4.98 Å². The molecular formula is C48H46N6O3S2. The number of hydrogen-bond acceptors (Lipinski definition) is 8. The summed E-state index contributed by atoms with van der Waals surface area (Å²) in [6.45, 7) is 6.18. The number of amides is 3. The summed E-state index contributed by atoms with van der Waals surface area (Å²) in [6.07, 6.45) is 8.90. The number of rotatable bonds is 17. The Morgan fingerprint density at radius 3 is 1.68 bits per heavy atom. The number of nitrogens with zero attached hydrogens (tertiary/aromatic N) is 5. The first-order valence-electron chi connectivity index (χ1n) is 19.9. The fourth-order valence-corrected chi connectivity index (χ4v) is 8.70. The van der Waals surface area contributed by atoms with Crippen LogP contribution in [0.4, 0.5) is 0 Å². The van der Waals surface area contributed by atoms with Crippen molar-refractivity contribution in [2.24, 2.45) is 0 Å². The van der Waals surface area contributed by atoms with Crippen LogP contribution in [0.2, 0.25) is 0 Å². The molecule has 7 rings (SSSR count). The Morgan fingerprint density at radius 1 is 0.610 bits per heavy atom. The van der Waals surface area contributed by atoms with Gasteiger partial charge in [0.25, 0.3) is 5.91 Å². The zero-order valence-electron chi connectivity index (χ0n) is 33.2. The quantitative estimate of drug-likeness (QED) is 0.0981. The molecule has 3 heterocycles. The molecule has 0 unspecified atom stereocenters. The molecule has 3 aromatic heterocycles. The molecule has 0 saturated carbocycles. The molecule has 0 radical (unpaired) electrons. The molecule has 0 saturated heterocycles. The van der Waals surface area contributed by atoms with Gasteiger partial charge in [0.05, 0.1) is 34.8 Å². The smallest absolute Gasteiger partial charge is 0.253 e. The summed E-state index contributed by atoms with van der Waals surface area (Å²) in [6, 6.07) is 38.7. The lowest BCUT2D eigenvalue weighted by atomic mass is 10.0. The van der Waals surface area contributed by atoms with Crippen LogP contribution >= 0.6 is 22.7 Å². The van der Waals surface area contributed by atoms with Crippen molar-refractivity contribution in [1.29, 1.82) is 0 Å². The molecule has 59 heavy (non-hydrogen) atoms. The predicted octanol–water partition coefficient (Wildman–Crippen LogP) is 9.89. The zero-order valence-corrected chi connectivity index (χ0v) is 34.8. The summed E-state index contributed by atoms with van der Waals surface area (Å²) < 4.78 is 0. The molecule has 1 atom stereocenters. The number of thiazole rings is 2. The Morgan fingerprint density at radius 2 is 1.14 bits per heavy atom. The molecule has 298 valence electrons. The summed E-state index contributed by atoms with van der Waals surface area (Å²) in [4.78, 5) is 59.7. The Hall–Kier alpha value is -6.30. The topological polar surface area (TPSA) is 108 Å². The number of pyridine rings is 1. The maximum atomic E-state index is 14.1. The summed E-state index contributed by atoms with van der Waals surface area (Å²) in [5, 5.41) is 4.69. The van der Waals surface area contributed by atoms with Gasteiger partial charge in [0, 0.05) is 37.9 Å². The van der Waals surface area contributed by atoms with Crippen molar-refractivity contribution >= 4 is 40.4 Å². The molecule has 0 spiro atoms. The van der Waals surface area contributed by atoms with E-state index in [9.17, 15) is 14.4 Å². The molecule has 9 nitrogen and oxygen atoms in total. The Balaban J connectivity index is 0.989. The molecular weight excluding hydrogens is 773 g/mol. The Labute approximate surface area is 353 Å². The third kappa shape index (κ3) is 10.6. The normalized spacial score (nSPS) is 11.5. The van der Waals surface area contributed by atoms with E-state index in [0.717, 1.165) is 60.4 Å². The van der Waals surface area contributed by atoms with E-state index < -0.39 is 6.04 Å². The van der Waals surface area contributed by atoms with Gasteiger partial charge in [-0.05, 0) is 58.4 Å². The minimum atomic E-state index is -0.861. The fraction of sp³-hybridized carbons (Fsp3) is 0.208. The van der Waals surface area contributed by atoms with Crippen molar-refractivity contribution in [3.8, 4) is 32.0 Å². The lowest BCUT2D eigenvalue weighted by molar-refractivity contribution is -0.134. The van der Waals surface area contributed by atoms with Crippen LogP contribution in [-0.4, -0.2) is 55.6 Å². The maximum Gasteiger partial charge on any atom is 0.253 e. The highest BCUT2D eigenvalue weighted by Gasteiger charge is 2.28. The molecule has 4 aromatic carbocycles. The average molecular weight is 819 g/mol. The van der Waals surface area contributed by atoms with E-state index in [1.807, 2.05) is 84.9 Å². The molecule has 11 heteroatoms. The number of nitrogens with one attached hydrogen (secondary N) is 1. The van der Waals surface area contributed by atoms with Crippen LogP contribution in [-0.2, 0) is 29.1 Å². The fourth-order valence-electron chi connectivity index (χ4n) is 6.82. The van der Waals surface area contributed by atoms with Gasteiger partial charge in [0.2, 0.25) is 11.8 Å². The van der Waals surface area contributed by atoms with Gasteiger partial charge in [-0.2, -0.15) is 0 Å². The van der Waals surface area contributed by atoms with Gasteiger partial charge in [-0.1, -0.05) is 123 Å². The first-order chi connectivity index (χ1) is 28.9. The van der Waals surface area contributed by atoms with Gasteiger partial charge >= 0.3 is 0 Å².